The predicted molar refractivity (Wildman–Crippen MR) is 50.6 cm³/mol. The average molecular weight is 186 g/mol. The second-order valence-corrected chi connectivity index (χ2v) is 3.12. The zero-order chi connectivity index (χ0) is 9.14. The maximum absolute atomic E-state index is 9.09. The van der Waals surface area contributed by atoms with Gasteiger partial charge in [-0.3, -0.25) is 0 Å². The first-order valence-electron chi connectivity index (χ1n) is 3.81. The van der Waals surface area contributed by atoms with E-state index in [0.29, 0.717) is 5.02 Å². The fraction of sp³-hybridized carbons (Fsp3) is 0.333. The Bertz CT molecular complexity index is 275. The molecule has 2 N–H and O–H groups in total. The molecule has 1 aromatic rings. The summed E-state index contributed by atoms with van der Waals surface area (Å²) in [4.78, 5) is 0. The van der Waals surface area contributed by atoms with Gasteiger partial charge in [-0.2, -0.15) is 0 Å². The molecular formula is C9H12ClNO. The fourth-order valence-corrected chi connectivity index (χ4v) is 1.36. The normalized spacial score (nSPS) is 12.9. The van der Waals surface area contributed by atoms with Gasteiger partial charge in [-0.15, -0.1) is 0 Å². The Hall–Kier alpha value is -0.730. The van der Waals surface area contributed by atoms with Crippen molar-refractivity contribution in [3.05, 3.63) is 28.8 Å². The third-order valence-electron chi connectivity index (χ3n) is 1.88. The number of hydrogen-bond acceptors (Lipinski definition) is 2. The van der Waals surface area contributed by atoms with Crippen LogP contribution >= 0.6 is 11.6 Å². The molecule has 66 valence electrons. The Morgan fingerprint density at radius 3 is 2.67 bits per heavy atom. The van der Waals surface area contributed by atoms with E-state index in [1.165, 1.54) is 0 Å². The predicted octanol–water partition coefficient (Wildman–Crippen LogP) is 2.33. The van der Waals surface area contributed by atoms with Gasteiger partial charge in [0.15, 0.2) is 0 Å². The van der Waals surface area contributed by atoms with Crippen molar-refractivity contribution in [1.82, 2.24) is 5.32 Å². The van der Waals surface area contributed by atoms with Crippen molar-refractivity contribution in [2.75, 3.05) is 7.05 Å². The summed E-state index contributed by atoms with van der Waals surface area (Å²) in [7, 11) is 1.87. The van der Waals surface area contributed by atoms with Crippen LogP contribution in [0.5, 0.6) is 5.75 Å². The summed E-state index contributed by atoms with van der Waals surface area (Å²) >= 11 is 5.90. The Kier molecular flexibility index (Phi) is 2.95. The first kappa shape index (κ1) is 9.36. The molecule has 12 heavy (non-hydrogen) atoms. The molecule has 0 saturated heterocycles. The van der Waals surface area contributed by atoms with E-state index in [2.05, 4.69) is 5.32 Å². The molecule has 3 heteroatoms. The quantitative estimate of drug-likeness (QED) is 0.741. The summed E-state index contributed by atoms with van der Waals surface area (Å²) in [5, 5.41) is 12.8. The molecule has 1 atom stereocenters. The summed E-state index contributed by atoms with van der Waals surface area (Å²) in [6, 6.07) is 5.21. The van der Waals surface area contributed by atoms with Crippen molar-refractivity contribution in [3.63, 3.8) is 0 Å². The minimum Gasteiger partial charge on any atom is -0.508 e. The standard InChI is InChI=1S/C9H12ClNO/c1-6(11-2)8-4-3-7(12)5-9(8)10/h3-6,11-12H,1-2H3. The van der Waals surface area contributed by atoms with Gasteiger partial charge in [0, 0.05) is 11.1 Å². The summed E-state index contributed by atoms with van der Waals surface area (Å²) in [6.45, 7) is 2.01. The summed E-state index contributed by atoms with van der Waals surface area (Å²) in [6.07, 6.45) is 0. The van der Waals surface area contributed by atoms with Crippen molar-refractivity contribution < 1.29 is 5.11 Å². The zero-order valence-electron chi connectivity index (χ0n) is 7.13. The van der Waals surface area contributed by atoms with Crippen molar-refractivity contribution >= 4 is 11.6 Å². The molecular weight excluding hydrogens is 174 g/mol. The number of phenols is 1. The van der Waals surface area contributed by atoms with Crippen LogP contribution in [-0.2, 0) is 0 Å². The highest BCUT2D eigenvalue weighted by molar-refractivity contribution is 6.31. The molecule has 0 aromatic heterocycles. The Labute approximate surface area is 77.2 Å². The first-order chi connectivity index (χ1) is 5.65. The van der Waals surface area contributed by atoms with Gasteiger partial charge in [0.05, 0.1) is 0 Å². The number of rotatable bonds is 2. The Morgan fingerprint density at radius 1 is 1.50 bits per heavy atom. The third kappa shape index (κ3) is 1.90. The molecule has 0 amide bonds. The van der Waals surface area contributed by atoms with Gasteiger partial charge in [0.1, 0.15) is 5.75 Å². The summed E-state index contributed by atoms with van der Waals surface area (Å²) < 4.78 is 0. The van der Waals surface area contributed by atoms with E-state index >= 15 is 0 Å². The van der Waals surface area contributed by atoms with Crippen molar-refractivity contribution in [3.8, 4) is 5.75 Å². The van der Waals surface area contributed by atoms with E-state index in [1.807, 2.05) is 20.0 Å². The molecule has 0 radical (unpaired) electrons. The van der Waals surface area contributed by atoms with Gasteiger partial charge in [-0.25, -0.2) is 0 Å². The highest BCUT2D eigenvalue weighted by Crippen LogP contribution is 2.26. The Morgan fingerprint density at radius 2 is 2.17 bits per heavy atom. The maximum atomic E-state index is 9.09. The fourth-order valence-electron chi connectivity index (χ4n) is 1.02. The van der Waals surface area contributed by atoms with Crippen LogP contribution in [0.4, 0.5) is 0 Å². The van der Waals surface area contributed by atoms with E-state index in [-0.39, 0.29) is 11.8 Å². The van der Waals surface area contributed by atoms with Crippen molar-refractivity contribution in [2.24, 2.45) is 0 Å². The molecule has 0 aliphatic carbocycles. The number of hydrogen-bond donors (Lipinski definition) is 2. The lowest BCUT2D eigenvalue weighted by atomic mass is 10.1. The molecule has 1 unspecified atom stereocenters. The van der Waals surface area contributed by atoms with Crippen molar-refractivity contribution in [1.29, 1.82) is 0 Å². The van der Waals surface area contributed by atoms with Crippen LogP contribution in [-0.4, -0.2) is 12.2 Å². The van der Waals surface area contributed by atoms with E-state index in [4.69, 9.17) is 16.7 Å². The lowest BCUT2D eigenvalue weighted by molar-refractivity contribution is 0.474. The average Bonchev–Trinajstić information content (AvgIpc) is 2.03. The van der Waals surface area contributed by atoms with Crippen LogP contribution in [0, 0.1) is 0 Å². The third-order valence-corrected chi connectivity index (χ3v) is 2.21. The number of nitrogens with one attached hydrogen (secondary N) is 1. The number of phenolic OH excluding ortho intramolecular Hbond substituents is 1. The van der Waals surface area contributed by atoms with Crippen LogP contribution in [0.15, 0.2) is 18.2 Å². The largest absolute Gasteiger partial charge is 0.508 e. The summed E-state index contributed by atoms with van der Waals surface area (Å²) in [5.74, 6) is 0.201. The van der Waals surface area contributed by atoms with Gasteiger partial charge in [0.2, 0.25) is 0 Å². The smallest absolute Gasteiger partial charge is 0.117 e. The van der Waals surface area contributed by atoms with E-state index in [9.17, 15) is 0 Å². The minimum atomic E-state index is 0.201. The number of aromatic hydroxyl groups is 1. The second kappa shape index (κ2) is 3.78. The topological polar surface area (TPSA) is 32.3 Å². The SMILES string of the molecule is CNC(C)c1ccc(O)cc1Cl. The number of halogens is 1. The molecule has 0 aliphatic heterocycles. The van der Waals surface area contributed by atoms with Crippen LogP contribution in [0.1, 0.15) is 18.5 Å². The van der Waals surface area contributed by atoms with Gasteiger partial charge in [-0.05, 0) is 31.7 Å². The zero-order valence-corrected chi connectivity index (χ0v) is 7.89. The maximum Gasteiger partial charge on any atom is 0.117 e. The van der Waals surface area contributed by atoms with Gasteiger partial charge in [0.25, 0.3) is 0 Å². The van der Waals surface area contributed by atoms with Crippen LogP contribution in [0.2, 0.25) is 5.02 Å². The highest BCUT2D eigenvalue weighted by atomic mass is 35.5. The van der Waals surface area contributed by atoms with Crippen LogP contribution < -0.4 is 5.32 Å². The van der Waals surface area contributed by atoms with Crippen LogP contribution in [0.3, 0.4) is 0 Å². The van der Waals surface area contributed by atoms with E-state index in [0.717, 1.165) is 5.56 Å². The molecule has 1 rings (SSSR count). The molecule has 0 fully saturated rings. The van der Waals surface area contributed by atoms with Crippen molar-refractivity contribution in [2.45, 2.75) is 13.0 Å². The molecule has 0 heterocycles. The molecule has 0 saturated carbocycles. The minimum absolute atomic E-state index is 0.201. The monoisotopic (exact) mass is 185 g/mol. The van der Waals surface area contributed by atoms with Gasteiger partial charge >= 0.3 is 0 Å². The van der Waals surface area contributed by atoms with E-state index in [1.54, 1.807) is 12.1 Å². The highest BCUT2D eigenvalue weighted by Gasteiger charge is 2.06. The van der Waals surface area contributed by atoms with Gasteiger partial charge < -0.3 is 10.4 Å². The molecule has 0 aliphatic rings. The summed E-state index contributed by atoms with van der Waals surface area (Å²) in [5.41, 5.74) is 0.997. The molecule has 0 spiro atoms. The lowest BCUT2D eigenvalue weighted by Crippen LogP contribution is -2.12. The molecule has 2 nitrogen and oxygen atoms in total. The van der Waals surface area contributed by atoms with Gasteiger partial charge in [-0.1, -0.05) is 17.7 Å². The number of benzene rings is 1. The lowest BCUT2D eigenvalue weighted by Gasteiger charge is -2.12. The van der Waals surface area contributed by atoms with E-state index < -0.39 is 0 Å². The second-order valence-electron chi connectivity index (χ2n) is 2.72. The molecule has 1 aromatic carbocycles. The Balaban J connectivity index is 3.01. The van der Waals surface area contributed by atoms with Crippen LogP contribution in [0.25, 0.3) is 0 Å². The first-order valence-corrected chi connectivity index (χ1v) is 4.18. The molecule has 0 bridgehead atoms.